The maximum absolute atomic E-state index is 11.7. The third-order valence-electron chi connectivity index (χ3n) is 2.68. The van der Waals surface area contributed by atoms with Gasteiger partial charge in [-0.25, -0.2) is 4.79 Å². The number of esters is 1. The Morgan fingerprint density at radius 2 is 1.95 bits per heavy atom. The molecule has 1 N–H and O–H groups in total. The number of anilines is 1. The van der Waals surface area contributed by atoms with Crippen molar-refractivity contribution in [2.24, 2.45) is 0 Å². The summed E-state index contributed by atoms with van der Waals surface area (Å²) in [4.78, 5) is 11.7. The van der Waals surface area contributed by atoms with E-state index in [1.165, 1.54) is 0 Å². The van der Waals surface area contributed by atoms with Crippen LogP contribution in [0.25, 0.3) is 0 Å². The Bertz CT molecular complexity index is 409. The summed E-state index contributed by atoms with van der Waals surface area (Å²) in [7, 11) is 0. The number of benzene rings is 1. The minimum Gasteiger partial charge on any atom is -0.459 e. The molecule has 0 spiro atoms. The van der Waals surface area contributed by atoms with Crippen LogP contribution in [0.3, 0.4) is 0 Å². The van der Waals surface area contributed by atoms with E-state index in [4.69, 9.17) is 4.74 Å². The molecule has 3 heteroatoms. The number of hydrogen-bond acceptors (Lipinski definition) is 3. The first-order chi connectivity index (χ1) is 9.02. The van der Waals surface area contributed by atoms with E-state index in [0.717, 1.165) is 18.5 Å². The zero-order chi connectivity index (χ0) is 14.3. The lowest BCUT2D eigenvalue weighted by atomic mass is 10.1. The second-order valence-corrected chi connectivity index (χ2v) is 4.94. The van der Waals surface area contributed by atoms with Crippen molar-refractivity contribution < 1.29 is 9.53 Å². The van der Waals surface area contributed by atoms with Crippen LogP contribution in [0.15, 0.2) is 36.9 Å². The van der Waals surface area contributed by atoms with Crippen molar-refractivity contribution in [3.63, 3.8) is 0 Å². The summed E-state index contributed by atoms with van der Waals surface area (Å²) in [6, 6.07) is 7.76. The van der Waals surface area contributed by atoms with Crippen molar-refractivity contribution in [2.75, 3.05) is 5.32 Å². The van der Waals surface area contributed by atoms with E-state index in [9.17, 15) is 4.79 Å². The smallest absolute Gasteiger partial charge is 0.338 e. The summed E-state index contributed by atoms with van der Waals surface area (Å²) in [5.74, 6) is -0.277. The fraction of sp³-hybridized carbons (Fsp3) is 0.438. The van der Waals surface area contributed by atoms with Gasteiger partial charge in [-0.15, -0.1) is 6.58 Å². The van der Waals surface area contributed by atoms with Crippen molar-refractivity contribution in [1.29, 1.82) is 0 Å². The molecule has 0 heterocycles. The molecule has 1 atom stereocenters. The van der Waals surface area contributed by atoms with Crippen LogP contribution in [0.2, 0.25) is 0 Å². The minimum absolute atomic E-state index is 0.0933. The van der Waals surface area contributed by atoms with Gasteiger partial charge in [-0.05, 0) is 57.9 Å². The van der Waals surface area contributed by atoms with Gasteiger partial charge in [-0.1, -0.05) is 6.08 Å². The molecule has 0 amide bonds. The Balaban J connectivity index is 2.56. The summed E-state index contributed by atoms with van der Waals surface area (Å²) in [6.07, 6.45) is 3.86. The van der Waals surface area contributed by atoms with Crippen molar-refractivity contribution >= 4 is 11.7 Å². The quantitative estimate of drug-likeness (QED) is 0.595. The maximum atomic E-state index is 11.7. The van der Waals surface area contributed by atoms with Crippen LogP contribution in [-0.4, -0.2) is 18.1 Å². The zero-order valence-corrected chi connectivity index (χ0v) is 12.0. The van der Waals surface area contributed by atoms with Crippen LogP contribution in [0.5, 0.6) is 0 Å². The van der Waals surface area contributed by atoms with Crippen molar-refractivity contribution in [1.82, 2.24) is 0 Å². The number of carbonyl (C=O) groups is 1. The van der Waals surface area contributed by atoms with E-state index in [2.05, 4.69) is 18.8 Å². The lowest BCUT2D eigenvalue weighted by Gasteiger charge is -2.14. The van der Waals surface area contributed by atoms with Gasteiger partial charge in [0.15, 0.2) is 0 Å². The van der Waals surface area contributed by atoms with Crippen LogP contribution in [0.1, 0.15) is 44.0 Å². The second kappa shape index (κ2) is 7.62. The number of allylic oxidation sites excluding steroid dienone is 1. The van der Waals surface area contributed by atoms with Gasteiger partial charge in [-0.2, -0.15) is 0 Å². The Hall–Kier alpha value is -1.77. The molecule has 1 aromatic carbocycles. The summed E-state index contributed by atoms with van der Waals surface area (Å²) < 4.78 is 5.14. The first-order valence-corrected chi connectivity index (χ1v) is 6.71. The molecule has 0 aliphatic carbocycles. The van der Waals surface area contributed by atoms with Crippen molar-refractivity contribution in [3.8, 4) is 0 Å². The molecule has 0 aliphatic heterocycles. The monoisotopic (exact) mass is 261 g/mol. The van der Waals surface area contributed by atoms with Gasteiger partial charge >= 0.3 is 5.97 Å². The van der Waals surface area contributed by atoms with Gasteiger partial charge in [0.1, 0.15) is 0 Å². The lowest BCUT2D eigenvalue weighted by molar-refractivity contribution is 0.0378. The third-order valence-corrected chi connectivity index (χ3v) is 2.68. The lowest BCUT2D eigenvalue weighted by Crippen LogP contribution is -2.15. The number of hydrogen-bond donors (Lipinski definition) is 1. The average molecular weight is 261 g/mol. The Morgan fingerprint density at radius 3 is 2.47 bits per heavy atom. The predicted molar refractivity (Wildman–Crippen MR) is 79.5 cm³/mol. The van der Waals surface area contributed by atoms with Crippen molar-refractivity contribution in [2.45, 2.75) is 45.8 Å². The van der Waals surface area contributed by atoms with Crippen LogP contribution in [-0.2, 0) is 4.74 Å². The molecule has 1 unspecified atom stereocenters. The highest BCUT2D eigenvalue weighted by Crippen LogP contribution is 2.13. The molecule has 0 aromatic heterocycles. The Kier molecular flexibility index (Phi) is 6.13. The van der Waals surface area contributed by atoms with E-state index in [0.29, 0.717) is 11.6 Å². The predicted octanol–water partition coefficient (Wildman–Crippen LogP) is 4.02. The fourth-order valence-corrected chi connectivity index (χ4v) is 1.71. The van der Waals surface area contributed by atoms with Crippen LogP contribution < -0.4 is 5.32 Å². The van der Waals surface area contributed by atoms with Gasteiger partial charge in [0.05, 0.1) is 11.7 Å². The fourth-order valence-electron chi connectivity index (χ4n) is 1.71. The molecule has 0 aliphatic rings. The summed E-state index contributed by atoms with van der Waals surface area (Å²) in [5, 5.41) is 3.38. The molecular weight excluding hydrogens is 238 g/mol. The molecule has 0 saturated heterocycles. The minimum atomic E-state index is -0.277. The number of rotatable bonds is 7. The molecule has 0 saturated carbocycles. The first kappa shape index (κ1) is 15.3. The topological polar surface area (TPSA) is 38.3 Å². The van der Waals surface area contributed by atoms with Gasteiger partial charge in [0.25, 0.3) is 0 Å². The molecule has 104 valence electrons. The normalized spacial score (nSPS) is 12.0. The molecule has 0 radical (unpaired) electrons. The second-order valence-electron chi connectivity index (χ2n) is 4.94. The van der Waals surface area contributed by atoms with E-state index in [-0.39, 0.29) is 12.1 Å². The van der Waals surface area contributed by atoms with E-state index < -0.39 is 0 Å². The SMILES string of the molecule is C=CCCC(C)Nc1ccc(C(=O)OC(C)C)cc1. The average Bonchev–Trinajstić information content (AvgIpc) is 2.36. The third kappa shape index (κ3) is 5.60. The van der Waals surface area contributed by atoms with Crippen LogP contribution >= 0.6 is 0 Å². The highest BCUT2D eigenvalue weighted by Gasteiger charge is 2.09. The van der Waals surface area contributed by atoms with E-state index in [1.54, 1.807) is 12.1 Å². The van der Waals surface area contributed by atoms with E-state index in [1.807, 2.05) is 32.1 Å². The van der Waals surface area contributed by atoms with Gasteiger partial charge in [0.2, 0.25) is 0 Å². The van der Waals surface area contributed by atoms with Gasteiger partial charge in [0, 0.05) is 11.7 Å². The highest BCUT2D eigenvalue weighted by molar-refractivity contribution is 5.89. The van der Waals surface area contributed by atoms with Crippen LogP contribution in [0, 0.1) is 0 Å². The molecular formula is C16H23NO2. The Morgan fingerprint density at radius 1 is 1.32 bits per heavy atom. The Labute approximate surface area is 115 Å². The maximum Gasteiger partial charge on any atom is 0.338 e. The van der Waals surface area contributed by atoms with Gasteiger partial charge < -0.3 is 10.1 Å². The number of carbonyl (C=O) groups excluding carboxylic acids is 1. The zero-order valence-electron chi connectivity index (χ0n) is 12.0. The molecule has 1 aromatic rings. The molecule has 0 bridgehead atoms. The van der Waals surface area contributed by atoms with Gasteiger partial charge in [-0.3, -0.25) is 0 Å². The first-order valence-electron chi connectivity index (χ1n) is 6.71. The summed E-state index contributed by atoms with van der Waals surface area (Å²) in [6.45, 7) is 9.53. The molecule has 1 rings (SSSR count). The molecule has 19 heavy (non-hydrogen) atoms. The van der Waals surface area contributed by atoms with Crippen molar-refractivity contribution in [3.05, 3.63) is 42.5 Å². The standard InChI is InChI=1S/C16H23NO2/c1-5-6-7-13(4)17-15-10-8-14(9-11-15)16(18)19-12(2)3/h5,8-13,17H,1,6-7H2,2-4H3. The van der Waals surface area contributed by atoms with E-state index >= 15 is 0 Å². The highest BCUT2D eigenvalue weighted by atomic mass is 16.5. The number of nitrogens with one attached hydrogen (secondary N) is 1. The molecule has 3 nitrogen and oxygen atoms in total. The molecule has 0 fully saturated rings. The summed E-state index contributed by atoms with van der Waals surface area (Å²) in [5.41, 5.74) is 1.59. The summed E-state index contributed by atoms with van der Waals surface area (Å²) >= 11 is 0. The largest absolute Gasteiger partial charge is 0.459 e. The van der Waals surface area contributed by atoms with Crippen LogP contribution in [0.4, 0.5) is 5.69 Å². The number of ether oxygens (including phenoxy) is 1.